The summed E-state index contributed by atoms with van der Waals surface area (Å²) >= 11 is 6.11. The van der Waals surface area contributed by atoms with Gasteiger partial charge in [-0.3, -0.25) is 14.5 Å². The van der Waals surface area contributed by atoms with Crippen molar-refractivity contribution in [1.82, 2.24) is 10.2 Å². The molecule has 1 atom stereocenters. The molecule has 1 saturated heterocycles. The fraction of sp³-hybridized carbons (Fsp3) is 0.391. The van der Waals surface area contributed by atoms with Crippen LogP contribution in [0, 0.1) is 5.92 Å². The quantitative estimate of drug-likeness (QED) is 0.710. The van der Waals surface area contributed by atoms with Gasteiger partial charge in [-0.25, -0.2) is 0 Å². The molecule has 154 valence electrons. The van der Waals surface area contributed by atoms with Crippen molar-refractivity contribution in [3.05, 3.63) is 64.7 Å². The first-order valence-corrected chi connectivity index (χ1v) is 10.5. The van der Waals surface area contributed by atoms with Gasteiger partial charge in [0.2, 0.25) is 5.91 Å². The van der Waals surface area contributed by atoms with Crippen molar-refractivity contribution in [3.8, 4) is 0 Å². The third kappa shape index (κ3) is 5.81. The zero-order valence-electron chi connectivity index (χ0n) is 17.0. The molecular weight excluding hydrogens is 386 g/mol. The molecule has 1 unspecified atom stereocenters. The lowest BCUT2D eigenvalue weighted by molar-refractivity contribution is -0.118. The summed E-state index contributed by atoms with van der Waals surface area (Å²) < 4.78 is 0. The minimum Gasteiger partial charge on any atom is -0.340 e. The third-order valence-electron chi connectivity index (χ3n) is 5.15. The largest absolute Gasteiger partial charge is 0.340 e. The van der Waals surface area contributed by atoms with E-state index in [4.69, 9.17) is 11.6 Å². The first kappa shape index (κ1) is 21.3. The van der Waals surface area contributed by atoms with Crippen molar-refractivity contribution >= 4 is 29.1 Å². The molecule has 29 heavy (non-hydrogen) atoms. The number of likely N-dealkylation sites (tertiary alicyclic amines) is 1. The van der Waals surface area contributed by atoms with Crippen LogP contribution >= 0.6 is 11.6 Å². The molecule has 3 rings (SSSR count). The van der Waals surface area contributed by atoms with Gasteiger partial charge >= 0.3 is 0 Å². The second-order valence-corrected chi connectivity index (χ2v) is 8.26. The summed E-state index contributed by atoms with van der Waals surface area (Å²) in [7, 11) is 0. The minimum atomic E-state index is -0.666. The number of anilines is 1. The number of carbonyl (C=O) groups excluding carboxylic acids is 2. The van der Waals surface area contributed by atoms with Gasteiger partial charge in [-0.1, -0.05) is 49.7 Å². The van der Waals surface area contributed by atoms with Crippen LogP contribution in [0.2, 0.25) is 5.02 Å². The van der Waals surface area contributed by atoms with Crippen LogP contribution in [0.3, 0.4) is 0 Å². The van der Waals surface area contributed by atoms with E-state index in [1.807, 2.05) is 32.0 Å². The Balaban J connectivity index is 1.66. The summed E-state index contributed by atoms with van der Waals surface area (Å²) in [6, 6.07) is 14.1. The minimum absolute atomic E-state index is 0.0748. The highest BCUT2D eigenvalue weighted by Gasteiger charge is 2.25. The maximum absolute atomic E-state index is 12.9. The van der Waals surface area contributed by atoms with Crippen molar-refractivity contribution in [2.24, 2.45) is 5.92 Å². The molecule has 2 aromatic carbocycles. The molecule has 6 heteroatoms. The van der Waals surface area contributed by atoms with Crippen LogP contribution in [-0.4, -0.2) is 35.8 Å². The SMILES string of the molecule is CC(C)C(NC(=O)c1ccccc1Cl)C(=O)Nc1cccc(CN2CCCC2)c1. The lowest BCUT2D eigenvalue weighted by Crippen LogP contribution is -2.47. The number of halogens is 1. The molecule has 2 amide bonds. The van der Waals surface area contributed by atoms with Crippen LogP contribution in [0.15, 0.2) is 48.5 Å². The van der Waals surface area contributed by atoms with E-state index in [9.17, 15) is 9.59 Å². The second-order valence-electron chi connectivity index (χ2n) is 7.85. The lowest BCUT2D eigenvalue weighted by atomic mass is 10.0. The number of nitrogens with one attached hydrogen (secondary N) is 2. The zero-order valence-corrected chi connectivity index (χ0v) is 17.7. The van der Waals surface area contributed by atoms with E-state index in [1.165, 1.54) is 18.4 Å². The first-order chi connectivity index (χ1) is 13.9. The molecule has 2 N–H and O–H groups in total. The van der Waals surface area contributed by atoms with E-state index >= 15 is 0 Å². The van der Waals surface area contributed by atoms with Gasteiger partial charge in [0.15, 0.2) is 0 Å². The van der Waals surface area contributed by atoms with Crippen molar-refractivity contribution in [3.63, 3.8) is 0 Å². The Labute approximate surface area is 177 Å². The van der Waals surface area contributed by atoms with Crippen LogP contribution in [0.5, 0.6) is 0 Å². The average Bonchev–Trinajstić information content (AvgIpc) is 3.19. The van der Waals surface area contributed by atoms with Crippen molar-refractivity contribution < 1.29 is 9.59 Å². The molecule has 0 aliphatic carbocycles. The number of carbonyl (C=O) groups is 2. The molecule has 0 radical (unpaired) electrons. The van der Waals surface area contributed by atoms with Crippen molar-refractivity contribution in [2.45, 2.75) is 39.3 Å². The van der Waals surface area contributed by atoms with Gasteiger partial charge in [0, 0.05) is 12.2 Å². The van der Waals surface area contributed by atoms with Gasteiger partial charge in [0.1, 0.15) is 6.04 Å². The van der Waals surface area contributed by atoms with E-state index in [2.05, 4.69) is 21.6 Å². The molecule has 0 aromatic heterocycles. The Morgan fingerprint density at radius 1 is 1.07 bits per heavy atom. The van der Waals surface area contributed by atoms with Gasteiger partial charge in [-0.15, -0.1) is 0 Å². The normalized spacial score (nSPS) is 15.3. The smallest absolute Gasteiger partial charge is 0.253 e. The highest BCUT2D eigenvalue weighted by molar-refractivity contribution is 6.33. The third-order valence-corrected chi connectivity index (χ3v) is 5.48. The maximum atomic E-state index is 12.9. The number of benzene rings is 2. The average molecular weight is 414 g/mol. The van der Waals surface area contributed by atoms with E-state index in [0.29, 0.717) is 10.6 Å². The van der Waals surface area contributed by atoms with E-state index in [0.717, 1.165) is 25.3 Å². The molecular formula is C23H28ClN3O2. The van der Waals surface area contributed by atoms with Crippen LogP contribution in [0.25, 0.3) is 0 Å². The monoisotopic (exact) mass is 413 g/mol. The highest BCUT2D eigenvalue weighted by Crippen LogP contribution is 2.18. The predicted molar refractivity (Wildman–Crippen MR) is 117 cm³/mol. The van der Waals surface area contributed by atoms with Crippen LogP contribution < -0.4 is 10.6 Å². The number of rotatable bonds is 7. The number of hydrogen-bond donors (Lipinski definition) is 2. The molecule has 0 spiro atoms. The molecule has 5 nitrogen and oxygen atoms in total. The van der Waals surface area contributed by atoms with Gasteiger partial charge in [-0.2, -0.15) is 0 Å². The topological polar surface area (TPSA) is 61.4 Å². The van der Waals surface area contributed by atoms with Gasteiger partial charge in [-0.05, 0) is 61.7 Å². The number of hydrogen-bond acceptors (Lipinski definition) is 3. The molecule has 0 saturated carbocycles. The Morgan fingerprint density at radius 2 is 1.79 bits per heavy atom. The van der Waals surface area contributed by atoms with Gasteiger partial charge in [0.05, 0.1) is 10.6 Å². The second kappa shape index (κ2) is 9.90. The van der Waals surface area contributed by atoms with Gasteiger partial charge in [0.25, 0.3) is 5.91 Å². The molecule has 0 bridgehead atoms. The van der Waals surface area contributed by atoms with Crippen LogP contribution in [-0.2, 0) is 11.3 Å². The fourth-order valence-corrected chi connectivity index (χ4v) is 3.79. The summed E-state index contributed by atoms with van der Waals surface area (Å²) in [4.78, 5) is 27.9. The maximum Gasteiger partial charge on any atom is 0.253 e. The fourth-order valence-electron chi connectivity index (χ4n) is 3.57. The number of amides is 2. The molecule has 1 heterocycles. The van der Waals surface area contributed by atoms with Crippen LogP contribution in [0.4, 0.5) is 5.69 Å². The Bertz CT molecular complexity index is 863. The van der Waals surface area contributed by atoms with Crippen LogP contribution in [0.1, 0.15) is 42.6 Å². The standard InChI is InChI=1S/C23H28ClN3O2/c1-16(2)21(26-22(28)19-10-3-4-11-20(19)24)23(29)25-18-9-7-8-17(14-18)15-27-12-5-6-13-27/h3-4,7-11,14,16,21H,5-6,12-13,15H2,1-2H3,(H,25,29)(H,26,28). The summed E-state index contributed by atoms with van der Waals surface area (Å²) in [6.45, 7) is 6.95. The van der Waals surface area contributed by atoms with E-state index in [1.54, 1.807) is 24.3 Å². The predicted octanol–water partition coefficient (Wildman–Crippen LogP) is 4.33. The number of nitrogens with zero attached hydrogens (tertiary/aromatic N) is 1. The Kier molecular flexibility index (Phi) is 7.29. The van der Waals surface area contributed by atoms with E-state index in [-0.39, 0.29) is 17.7 Å². The summed E-state index contributed by atoms with van der Waals surface area (Å²) in [6.07, 6.45) is 2.50. The molecule has 1 aliphatic heterocycles. The Hall–Kier alpha value is -2.37. The van der Waals surface area contributed by atoms with Crippen molar-refractivity contribution in [1.29, 1.82) is 0 Å². The zero-order chi connectivity index (χ0) is 20.8. The summed E-state index contributed by atoms with van der Waals surface area (Å²) in [5.74, 6) is -0.666. The van der Waals surface area contributed by atoms with Crippen molar-refractivity contribution in [2.75, 3.05) is 18.4 Å². The van der Waals surface area contributed by atoms with Gasteiger partial charge < -0.3 is 10.6 Å². The molecule has 2 aromatic rings. The first-order valence-electron chi connectivity index (χ1n) is 10.1. The molecule has 1 fully saturated rings. The lowest BCUT2D eigenvalue weighted by Gasteiger charge is -2.22. The Morgan fingerprint density at radius 3 is 2.48 bits per heavy atom. The summed E-state index contributed by atoms with van der Waals surface area (Å²) in [5.41, 5.74) is 2.27. The highest BCUT2D eigenvalue weighted by atomic mass is 35.5. The van der Waals surface area contributed by atoms with E-state index < -0.39 is 6.04 Å². The summed E-state index contributed by atoms with van der Waals surface area (Å²) in [5, 5.41) is 6.14. The molecule has 1 aliphatic rings.